The molecule has 1 rings (SSSR count). The molecule has 1 saturated carbocycles. The first-order chi connectivity index (χ1) is 9.29. The summed E-state index contributed by atoms with van der Waals surface area (Å²) in [5.41, 5.74) is -0.428. The monoisotopic (exact) mass is 286 g/mol. The largest absolute Gasteiger partial charge is 0.481 e. The Kier molecular flexibility index (Phi) is 6.17. The van der Waals surface area contributed by atoms with Gasteiger partial charge in [0.25, 0.3) is 0 Å². The van der Waals surface area contributed by atoms with Gasteiger partial charge >= 0.3 is 5.97 Å². The van der Waals surface area contributed by atoms with Crippen LogP contribution in [0.25, 0.3) is 0 Å². The van der Waals surface area contributed by atoms with Gasteiger partial charge in [0, 0.05) is 12.0 Å². The molecule has 1 aliphatic carbocycles. The standard InChI is InChI=1S/C15H26O5/c1-4-20-9-15(2,3)12(17)8-6-10-5-7-11(16)13(10)14(18)19/h6,8,10-13,16-17H,4-5,7,9H2,1-3H3,(H,18,19). The molecule has 5 heteroatoms. The lowest BCUT2D eigenvalue weighted by atomic mass is 9.85. The number of aliphatic carboxylic acids is 1. The Morgan fingerprint density at radius 2 is 2.10 bits per heavy atom. The van der Waals surface area contributed by atoms with Gasteiger partial charge in [0.1, 0.15) is 0 Å². The van der Waals surface area contributed by atoms with Crippen molar-refractivity contribution >= 4 is 5.97 Å². The molecular formula is C15H26O5. The van der Waals surface area contributed by atoms with Crippen molar-refractivity contribution in [3.05, 3.63) is 12.2 Å². The number of carboxylic acid groups (broad SMARTS) is 1. The van der Waals surface area contributed by atoms with Crippen molar-refractivity contribution in [1.82, 2.24) is 0 Å². The Hall–Kier alpha value is -0.910. The lowest BCUT2D eigenvalue weighted by Crippen LogP contribution is -2.33. The molecule has 0 aromatic rings. The Bertz CT molecular complexity index is 350. The first-order valence-electron chi connectivity index (χ1n) is 7.14. The molecule has 0 heterocycles. The third kappa shape index (κ3) is 4.30. The SMILES string of the molecule is CCOCC(C)(C)C(O)C=CC1CCC(O)C1C(=O)O. The molecule has 0 aromatic carbocycles. The fourth-order valence-corrected chi connectivity index (χ4v) is 2.53. The summed E-state index contributed by atoms with van der Waals surface area (Å²) in [4.78, 5) is 11.1. The van der Waals surface area contributed by atoms with Crippen LogP contribution in [0.1, 0.15) is 33.6 Å². The van der Waals surface area contributed by atoms with E-state index in [1.807, 2.05) is 20.8 Å². The van der Waals surface area contributed by atoms with E-state index < -0.39 is 29.5 Å². The summed E-state index contributed by atoms with van der Waals surface area (Å²) in [6, 6.07) is 0. The van der Waals surface area contributed by atoms with Crippen LogP contribution in [0.3, 0.4) is 0 Å². The zero-order chi connectivity index (χ0) is 15.3. The van der Waals surface area contributed by atoms with Gasteiger partial charge in [-0.2, -0.15) is 0 Å². The summed E-state index contributed by atoms with van der Waals surface area (Å²) in [6.07, 6.45) is 2.99. The molecule has 3 N–H and O–H groups in total. The van der Waals surface area contributed by atoms with E-state index in [4.69, 9.17) is 9.84 Å². The van der Waals surface area contributed by atoms with Crippen molar-refractivity contribution in [2.45, 2.75) is 45.8 Å². The average Bonchev–Trinajstić information content (AvgIpc) is 2.74. The molecule has 116 valence electrons. The summed E-state index contributed by atoms with van der Waals surface area (Å²) in [5.74, 6) is -1.97. The minimum Gasteiger partial charge on any atom is -0.481 e. The second kappa shape index (κ2) is 7.20. The molecule has 1 fully saturated rings. The van der Waals surface area contributed by atoms with E-state index in [0.717, 1.165) is 0 Å². The van der Waals surface area contributed by atoms with Crippen LogP contribution >= 0.6 is 0 Å². The van der Waals surface area contributed by atoms with E-state index in [2.05, 4.69) is 0 Å². The lowest BCUT2D eigenvalue weighted by Gasteiger charge is -2.28. The molecule has 0 aromatic heterocycles. The molecule has 20 heavy (non-hydrogen) atoms. The van der Waals surface area contributed by atoms with Gasteiger partial charge in [-0.1, -0.05) is 26.0 Å². The smallest absolute Gasteiger partial charge is 0.309 e. The zero-order valence-corrected chi connectivity index (χ0v) is 12.5. The summed E-state index contributed by atoms with van der Waals surface area (Å²) in [7, 11) is 0. The number of carbonyl (C=O) groups is 1. The van der Waals surface area contributed by atoms with Crippen molar-refractivity contribution in [3.63, 3.8) is 0 Å². The molecule has 4 unspecified atom stereocenters. The number of allylic oxidation sites excluding steroid dienone is 1. The summed E-state index contributed by atoms with van der Waals surface area (Å²) in [6.45, 7) is 6.72. The Morgan fingerprint density at radius 3 is 2.65 bits per heavy atom. The Balaban J connectivity index is 2.64. The first kappa shape index (κ1) is 17.1. The van der Waals surface area contributed by atoms with Crippen molar-refractivity contribution in [3.8, 4) is 0 Å². The predicted octanol–water partition coefficient (Wildman–Crippen LogP) is 1.44. The third-order valence-corrected chi connectivity index (χ3v) is 3.98. The lowest BCUT2D eigenvalue weighted by molar-refractivity contribution is -0.145. The van der Waals surface area contributed by atoms with Crippen molar-refractivity contribution in [1.29, 1.82) is 0 Å². The van der Waals surface area contributed by atoms with Gasteiger partial charge in [-0.15, -0.1) is 0 Å². The topological polar surface area (TPSA) is 87.0 Å². The van der Waals surface area contributed by atoms with Gasteiger partial charge in [-0.05, 0) is 25.7 Å². The van der Waals surface area contributed by atoms with E-state index in [1.54, 1.807) is 12.2 Å². The fraction of sp³-hybridized carbons (Fsp3) is 0.800. The number of carboxylic acids is 1. The summed E-state index contributed by atoms with van der Waals surface area (Å²) in [5, 5.41) is 29.0. The van der Waals surface area contributed by atoms with Crippen molar-refractivity contribution in [2.75, 3.05) is 13.2 Å². The van der Waals surface area contributed by atoms with E-state index in [9.17, 15) is 15.0 Å². The normalized spacial score (nSPS) is 28.9. The molecule has 5 nitrogen and oxygen atoms in total. The maximum atomic E-state index is 11.1. The van der Waals surface area contributed by atoms with Gasteiger partial charge in [-0.3, -0.25) is 4.79 Å². The van der Waals surface area contributed by atoms with Gasteiger partial charge in [0.2, 0.25) is 0 Å². The van der Waals surface area contributed by atoms with Crippen molar-refractivity contribution in [2.24, 2.45) is 17.3 Å². The van der Waals surface area contributed by atoms with Gasteiger partial charge < -0.3 is 20.1 Å². The molecule has 0 saturated heterocycles. The molecule has 1 aliphatic rings. The highest BCUT2D eigenvalue weighted by molar-refractivity contribution is 5.72. The zero-order valence-electron chi connectivity index (χ0n) is 12.5. The maximum absolute atomic E-state index is 11.1. The minimum absolute atomic E-state index is 0.222. The number of hydrogen-bond donors (Lipinski definition) is 3. The van der Waals surface area contributed by atoms with Gasteiger partial charge in [0.15, 0.2) is 0 Å². The van der Waals surface area contributed by atoms with Crippen LogP contribution in [0, 0.1) is 17.3 Å². The minimum atomic E-state index is -0.979. The highest BCUT2D eigenvalue weighted by Gasteiger charge is 2.39. The second-order valence-corrected chi connectivity index (χ2v) is 6.13. The summed E-state index contributed by atoms with van der Waals surface area (Å²) < 4.78 is 5.34. The molecule has 0 aliphatic heterocycles. The van der Waals surface area contributed by atoms with Crippen LogP contribution in [0.4, 0.5) is 0 Å². The number of aliphatic hydroxyl groups excluding tert-OH is 2. The van der Waals surface area contributed by atoms with Crippen LogP contribution in [0.15, 0.2) is 12.2 Å². The number of rotatable bonds is 7. The third-order valence-electron chi connectivity index (χ3n) is 3.98. The molecule has 0 bridgehead atoms. The quantitative estimate of drug-likeness (QED) is 0.616. The van der Waals surface area contributed by atoms with Crippen molar-refractivity contribution < 1.29 is 24.9 Å². The highest BCUT2D eigenvalue weighted by atomic mass is 16.5. The van der Waals surface area contributed by atoms with Crippen LogP contribution in [0.2, 0.25) is 0 Å². The molecule has 0 radical (unpaired) electrons. The maximum Gasteiger partial charge on any atom is 0.309 e. The molecule has 4 atom stereocenters. The van der Waals surface area contributed by atoms with Gasteiger partial charge in [-0.25, -0.2) is 0 Å². The Morgan fingerprint density at radius 1 is 1.45 bits per heavy atom. The molecule has 0 spiro atoms. The van der Waals surface area contributed by atoms with Gasteiger partial charge in [0.05, 0.1) is 24.7 Å². The van der Waals surface area contributed by atoms with Crippen LogP contribution in [0.5, 0.6) is 0 Å². The number of aliphatic hydroxyl groups is 2. The molecular weight excluding hydrogens is 260 g/mol. The van der Waals surface area contributed by atoms with Crippen LogP contribution in [-0.2, 0) is 9.53 Å². The van der Waals surface area contributed by atoms with E-state index in [-0.39, 0.29) is 5.92 Å². The number of ether oxygens (including phenoxy) is 1. The highest BCUT2D eigenvalue weighted by Crippen LogP contribution is 2.34. The van der Waals surface area contributed by atoms with E-state index in [1.165, 1.54) is 0 Å². The summed E-state index contributed by atoms with van der Waals surface area (Å²) >= 11 is 0. The first-order valence-corrected chi connectivity index (χ1v) is 7.14. The average molecular weight is 286 g/mol. The van der Waals surface area contributed by atoms with E-state index >= 15 is 0 Å². The fourth-order valence-electron chi connectivity index (χ4n) is 2.53. The van der Waals surface area contributed by atoms with Crippen LogP contribution in [-0.4, -0.2) is 46.7 Å². The Labute approximate surface area is 120 Å². The second-order valence-electron chi connectivity index (χ2n) is 6.13. The van der Waals surface area contributed by atoms with E-state index in [0.29, 0.717) is 26.1 Å². The molecule has 0 amide bonds. The number of hydrogen-bond acceptors (Lipinski definition) is 4. The van der Waals surface area contributed by atoms with Crippen LogP contribution < -0.4 is 0 Å². The predicted molar refractivity (Wildman–Crippen MR) is 75.3 cm³/mol.